The molecule has 0 aliphatic carbocycles. The highest BCUT2D eigenvalue weighted by Gasteiger charge is 2.39. The minimum Gasteiger partial charge on any atom is -0.466 e. The second-order valence-corrected chi connectivity index (χ2v) is 8.80. The topological polar surface area (TPSA) is 106 Å². The molecule has 3 aromatic heterocycles. The molecule has 33 heavy (non-hydrogen) atoms. The summed E-state index contributed by atoms with van der Waals surface area (Å²) >= 11 is 0. The van der Waals surface area contributed by atoms with Gasteiger partial charge in [-0.3, -0.25) is 14.6 Å². The largest absolute Gasteiger partial charge is 0.466 e. The van der Waals surface area contributed by atoms with Crippen LogP contribution in [0.4, 0.5) is 0 Å². The zero-order valence-corrected chi connectivity index (χ0v) is 18.9. The van der Waals surface area contributed by atoms with Gasteiger partial charge in [0.1, 0.15) is 17.6 Å². The van der Waals surface area contributed by atoms with E-state index in [9.17, 15) is 9.59 Å². The number of carbonyl (C=O) groups excluding carboxylic acids is 2. The van der Waals surface area contributed by atoms with Crippen molar-refractivity contribution in [3.63, 3.8) is 0 Å². The van der Waals surface area contributed by atoms with Gasteiger partial charge in [0.2, 0.25) is 17.6 Å². The summed E-state index contributed by atoms with van der Waals surface area (Å²) in [6, 6.07) is 5.02. The normalized spacial score (nSPS) is 20.9. The van der Waals surface area contributed by atoms with Crippen molar-refractivity contribution in [1.29, 1.82) is 0 Å². The average Bonchev–Trinajstić information content (AvgIpc) is 3.59. The van der Waals surface area contributed by atoms with E-state index in [1.807, 2.05) is 24.0 Å². The molecule has 0 N–H and O–H groups in total. The molecular weight excluding hydrogens is 422 g/mol. The SMILES string of the molecule is Cc1cc(C(=O)N2CCC[C@@H]2C(=O)N2CCC[C@H](c3nc(-c4cccnc4)no3)C2)c(C)o1. The van der Waals surface area contributed by atoms with Gasteiger partial charge in [0.05, 0.1) is 11.5 Å². The Labute approximate surface area is 191 Å². The third-order valence-corrected chi connectivity index (χ3v) is 6.51. The molecule has 9 nitrogen and oxygen atoms in total. The summed E-state index contributed by atoms with van der Waals surface area (Å²) in [7, 11) is 0. The molecule has 2 fully saturated rings. The van der Waals surface area contributed by atoms with E-state index in [1.54, 1.807) is 30.3 Å². The molecule has 2 atom stereocenters. The van der Waals surface area contributed by atoms with Crippen molar-refractivity contribution in [2.24, 2.45) is 0 Å². The first kappa shape index (κ1) is 21.4. The molecule has 5 rings (SSSR count). The summed E-state index contributed by atoms with van der Waals surface area (Å²) in [4.78, 5) is 38.8. The molecule has 9 heteroatoms. The molecule has 2 saturated heterocycles. The van der Waals surface area contributed by atoms with E-state index in [4.69, 9.17) is 8.94 Å². The zero-order valence-electron chi connectivity index (χ0n) is 18.9. The van der Waals surface area contributed by atoms with E-state index < -0.39 is 6.04 Å². The van der Waals surface area contributed by atoms with Crippen LogP contribution in [0.3, 0.4) is 0 Å². The van der Waals surface area contributed by atoms with Crippen molar-refractivity contribution in [3.05, 3.63) is 53.6 Å². The van der Waals surface area contributed by atoms with Gasteiger partial charge in [0.15, 0.2) is 0 Å². The quantitative estimate of drug-likeness (QED) is 0.601. The Balaban J connectivity index is 1.29. The summed E-state index contributed by atoms with van der Waals surface area (Å²) in [5.74, 6) is 2.17. The molecule has 3 aromatic rings. The van der Waals surface area contributed by atoms with Crippen LogP contribution in [0.1, 0.15) is 59.4 Å². The molecule has 2 aliphatic heterocycles. The van der Waals surface area contributed by atoms with E-state index >= 15 is 0 Å². The molecule has 0 unspecified atom stereocenters. The highest BCUT2D eigenvalue weighted by Crippen LogP contribution is 2.30. The van der Waals surface area contributed by atoms with Gasteiger partial charge < -0.3 is 18.7 Å². The number of pyridine rings is 1. The van der Waals surface area contributed by atoms with Crippen LogP contribution in [0, 0.1) is 13.8 Å². The maximum absolute atomic E-state index is 13.5. The molecular formula is C24H27N5O4. The van der Waals surface area contributed by atoms with Crippen LogP contribution in [0.5, 0.6) is 0 Å². The van der Waals surface area contributed by atoms with Gasteiger partial charge in [-0.2, -0.15) is 4.98 Å². The number of hydrogen-bond donors (Lipinski definition) is 0. The summed E-state index contributed by atoms with van der Waals surface area (Å²) in [5, 5.41) is 4.10. The molecule has 0 radical (unpaired) electrons. The molecule has 0 bridgehead atoms. The fourth-order valence-corrected chi connectivity index (χ4v) is 4.87. The van der Waals surface area contributed by atoms with Crippen molar-refractivity contribution in [2.45, 2.75) is 51.5 Å². The Hall–Kier alpha value is -3.49. The van der Waals surface area contributed by atoms with Crippen LogP contribution >= 0.6 is 0 Å². The van der Waals surface area contributed by atoms with Crippen molar-refractivity contribution in [1.82, 2.24) is 24.9 Å². The summed E-state index contributed by atoms with van der Waals surface area (Å²) < 4.78 is 11.1. The van der Waals surface area contributed by atoms with Gasteiger partial charge in [0.25, 0.3) is 5.91 Å². The molecule has 172 valence electrons. The molecule has 2 amide bonds. The molecule has 0 aromatic carbocycles. The highest BCUT2D eigenvalue weighted by molar-refractivity contribution is 5.98. The Morgan fingerprint density at radius 2 is 2.00 bits per heavy atom. The van der Waals surface area contributed by atoms with Crippen molar-refractivity contribution in [2.75, 3.05) is 19.6 Å². The number of furan rings is 1. The van der Waals surface area contributed by atoms with E-state index in [0.29, 0.717) is 54.9 Å². The van der Waals surface area contributed by atoms with Gasteiger partial charge in [-0.25, -0.2) is 0 Å². The van der Waals surface area contributed by atoms with E-state index in [2.05, 4.69) is 15.1 Å². The number of rotatable bonds is 4. The number of likely N-dealkylation sites (tertiary alicyclic amines) is 2. The fourth-order valence-electron chi connectivity index (χ4n) is 4.87. The fraction of sp³-hybridized carbons (Fsp3) is 0.458. The van der Waals surface area contributed by atoms with Crippen molar-refractivity contribution >= 4 is 11.8 Å². The predicted octanol–water partition coefficient (Wildman–Crippen LogP) is 3.35. The van der Waals surface area contributed by atoms with Crippen molar-refractivity contribution in [3.8, 4) is 11.4 Å². The highest BCUT2D eigenvalue weighted by atomic mass is 16.5. The van der Waals surface area contributed by atoms with Crippen LogP contribution in [0.2, 0.25) is 0 Å². The first-order chi connectivity index (χ1) is 16.0. The first-order valence-corrected chi connectivity index (χ1v) is 11.4. The van der Waals surface area contributed by atoms with Crippen LogP contribution in [0.25, 0.3) is 11.4 Å². The van der Waals surface area contributed by atoms with Crippen LogP contribution in [-0.4, -0.2) is 62.4 Å². The third kappa shape index (κ3) is 4.15. The minimum absolute atomic E-state index is 0.00424. The van der Waals surface area contributed by atoms with Gasteiger partial charge in [-0.1, -0.05) is 5.16 Å². The lowest BCUT2D eigenvalue weighted by Crippen LogP contribution is -2.50. The lowest BCUT2D eigenvalue weighted by molar-refractivity contribution is -0.136. The second-order valence-electron chi connectivity index (χ2n) is 8.80. The number of piperidine rings is 1. The number of hydrogen-bond acceptors (Lipinski definition) is 7. The number of carbonyl (C=O) groups is 2. The van der Waals surface area contributed by atoms with Crippen LogP contribution in [0.15, 0.2) is 39.5 Å². The third-order valence-electron chi connectivity index (χ3n) is 6.51. The van der Waals surface area contributed by atoms with Crippen LogP contribution < -0.4 is 0 Å². The van der Waals surface area contributed by atoms with Crippen LogP contribution in [-0.2, 0) is 4.79 Å². The van der Waals surface area contributed by atoms with Gasteiger partial charge in [0, 0.05) is 37.6 Å². The number of aryl methyl sites for hydroxylation is 2. The molecule has 5 heterocycles. The number of amides is 2. The maximum atomic E-state index is 13.5. The lowest BCUT2D eigenvalue weighted by atomic mass is 9.97. The molecule has 2 aliphatic rings. The Kier molecular flexibility index (Phi) is 5.70. The average molecular weight is 450 g/mol. The van der Waals surface area contributed by atoms with Gasteiger partial charge in [-0.15, -0.1) is 0 Å². The summed E-state index contributed by atoms with van der Waals surface area (Å²) in [6.45, 7) is 5.36. The predicted molar refractivity (Wildman–Crippen MR) is 118 cm³/mol. The first-order valence-electron chi connectivity index (χ1n) is 11.4. The second kappa shape index (κ2) is 8.80. The zero-order chi connectivity index (χ0) is 22.9. The Bertz CT molecular complexity index is 1150. The monoisotopic (exact) mass is 449 g/mol. The van der Waals surface area contributed by atoms with Gasteiger partial charge in [-0.05, 0) is 57.7 Å². The lowest BCUT2D eigenvalue weighted by Gasteiger charge is -2.35. The molecule has 0 saturated carbocycles. The summed E-state index contributed by atoms with van der Waals surface area (Å²) in [6.07, 6.45) is 6.60. The summed E-state index contributed by atoms with van der Waals surface area (Å²) in [5.41, 5.74) is 1.33. The maximum Gasteiger partial charge on any atom is 0.258 e. The number of nitrogens with zero attached hydrogens (tertiary/aromatic N) is 5. The number of aromatic nitrogens is 3. The van der Waals surface area contributed by atoms with E-state index in [0.717, 1.165) is 24.8 Å². The standard InChI is InChI=1S/C24H27N5O4/c1-15-12-19(16(2)32-15)23(30)29-11-5-8-20(29)24(31)28-10-4-7-18(14-28)22-26-21(27-33-22)17-6-3-9-25-13-17/h3,6,9,12-13,18,20H,4-5,7-8,10-11,14H2,1-2H3/t18-,20+/m0/s1. The smallest absolute Gasteiger partial charge is 0.258 e. The Morgan fingerprint density at radius 3 is 2.76 bits per heavy atom. The van der Waals surface area contributed by atoms with E-state index in [-0.39, 0.29) is 17.7 Å². The minimum atomic E-state index is -0.445. The van der Waals surface area contributed by atoms with E-state index in [1.165, 1.54) is 0 Å². The van der Waals surface area contributed by atoms with Gasteiger partial charge >= 0.3 is 0 Å². The molecule has 0 spiro atoms. The Morgan fingerprint density at radius 1 is 1.15 bits per heavy atom. The van der Waals surface area contributed by atoms with Crippen molar-refractivity contribution < 1.29 is 18.5 Å².